The topological polar surface area (TPSA) is 46.5 Å². The van der Waals surface area contributed by atoms with Gasteiger partial charge in [-0.15, -0.1) is 0 Å². The Morgan fingerprint density at radius 2 is 2.17 bits per heavy atom. The number of rotatable bonds is 5. The van der Waals surface area contributed by atoms with Crippen molar-refractivity contribution in [2.45, 2.75) is 38.5 Å². The summed E-state index contributed by atoms with van der Waals surface area (Å²) in [5.74, 6) is 1.05. The molecular formula is C15H20O3. The molecule has 1 N–H and O–H groups in total. The number of carbonyl (C=O) groups is 1. The summed E-state index contributed by atoms with van der Waals surface area (Å²) in [4.78, 5) is 10.7. The number of ether oxygens (including phenoxy) is 1. The molecule has 1 fully saturated rings. The zero-order valence-corrected chi connectivity index (χ0v) is 10.8. The first kappa shape index (κ1) is 12.9. The molecule has 0 bridgehead atoms. The normalized spacial score (nSPS) is 22.9. The number of benzene rings is 1. The largest absolute Gasteiger partial charge is 0.494 e. The monoisotopic (exact) mass is 248 g/mol. The van der Waals surface area contributed by atoms with E-state index >= 15 is 0 Å². The highest BCUT2D eigenvalue weighted by Gasteiger charge is 2.28. The number of para-hydroxylation sites is 1. The van der Waals surface area contributed by atoms with Gasteiger partial charge < -0.3 is 9.84 Å². The number of carboxylic acids is 1. The SMILES string of the molecule is CCOc1ccccc1C1CCC(CC(=O)O)C1. The molecule has 0 heterocycles. The predicted octanol–water partition coefficient (Wildman–Crippen LogP) is 3.44. The van der Waals surface area contributed by atoms with Crippen LogP contribution in [0.5, 0.6) is 5.75 Å². The number of hydrogen-bond acceptors (Lipinski definition) is 2. The minimum Gasteiger partial charge on any atom is -0.494 e. The van der Waals surface area contributed by atoms with E-state index in [1.54, 1.807) is 0 Å². The van der Waals surface area contributed by atoms with Crippen molar-refractivity contribution in [1.29, 1.82) is 0 Å². The fourth-order valence-electron chi connectivity index (χ4n) is 2.89. The molecule has 0 aliphatic heterocycles. The molecular weight excluding hydrogens is 228 g/mol. The number of aliphatic carboxylic acids is 1. The van der Waals surface area contributed by atoms with Gasteiger partial charge in [0.25, 0.3) is 0 Å². The lowest BCUT2D eigenvalue weighted by atomic mass is 9.94. The van der Waals surface area contributed by atoms with Gasteiger partial charge in [-0.25, -0.2) is 0 Å². The van der Waals surface area contributed by atoms with E-state index in [2.05, 4.69) is 6.07 Å². The van der Waals surface area contributed by atoms with E-state index in [0.29, 0.717) is 24.9 Å². The van der Waals surface area contributed by atoms with Crippen molar-refractivity contribution in [2.75, 3.05) is 6.61 Å². The van der Waals surface area contributed by atoms with E-state index in [0.717, 1.165) is 25.0 Å². The molecule has 0 spiro atoms. The fourth-order valence-corrected chi connectivity index (χ4v) is 2.89. The van der Waals surface area contributed by atoms with Gasteiger partial charge in [-0.1, -0.05) is 18.2 Å². The molecule has 1 aliphatic carbocycles. The molecule has 98 valence electrons. The maximum Gasteiger partial charge on any atom is 0.303 e. The van der Waals surface area contributed by atoms with E-state index in [-0.39, 0.29) is 0 Å². The quantitative estimate of drug-likeness (QED) is 0.868. The summed E-state index contributed by atoms with van der Waals surface area (Å²) in [6, 6.07) is 8.13. The Balaban J connectivity index is 2.06. The summed E-state index contributed by atoms with van der Waals surface area (Å²) >= 11 is 0. The molecule has 3 heteroatoms. The van der Waals surface area contributed by atoms with Gasteiger partial charge in [0.2, 0.25) is 0 Å². The third-order valence-corrected chi connectivity index (χ3v) is 3.66. The van der Waals surface area contributed by atoms with Crippen molar-refractivity contribution in [1.82, 2.24) is 0 Å². The number of hydrogen-bond donors (Lipinski definition) is 1. The van der Waals surface area contributed by atoms with Crippen LogP contribution in [0.4, 0.5) is 0 Å². The maximum atomic E-state index is 10.7. The molecule has 18 heavy (non-hydrogen) atoms. The minimum atomic E-state index is -0.682. The molecule has 2 unspecified atom stereocenters. The lowest BCUT2D eigenvalue weighted by molar-refractivity contribution is -0.138. The average molecular weight is 248 g/mol. The lowest BCUT2D eigenvalue weighted by Gasteiger charge is -2.15. The van der Waals surface area contributed by atoms with Crippen LogP contribution < -0.4 is 4.74 Å². The first-order valence-electron chi connectivity index (χ1n) is 6.64. The molecule has 0 saturated heterocycles. The summed E-state index contributed by atoms with van der Waals surface area (Å²) in [5, 5.41) is 8.84. The Hall–Kier alpha value is -1.51. The highest BCUT2D eigenvalue weighted by atomic mass is 16.5. The second kappa shape index (κ2) is 5.89. The third-order valence-electron chi connectivity index (χ3n) is 3.66. The molecule has 0 aromatic heterocycles. The van der Waals surface area contributed by atoms with Gasteiger partial charge in [-0.2, -0.15) is 0 Å². The highest BCUT2D eigenvalue weighted by molar-refractivity contribution is 5.67. The van der Waals surface area contributed by atoms with Crippen LogP contribution in [-0.2, 0) is 4.79 Å². The van der Waals surface area contributed by atoms with Crippen molar-refractivity contribution in [3.63, 3.8) is 0 Å². The van der Waals surface area contributed by atoms with E-state index in [1.165, 1.54) is 5.56 Å². The molecule has 2 atom stereocenters. The first-order valence-corrected chi connectivity index (χ1v) is 6.64. The Labute approximate surface area is 108 Å². The van der Waals surface area contributed by atoms with Gasteiger partial charge in [-0.05, 0) is 49.7 Å². The van der Waals surface area contributed by atoms with Gasteiger partial charge in [-0.3, -0.25) is 4.79 Å². The Bertz CT molecular complexity index is 414. The summed E-state index contributed by atoms with van der Waals surface area (Å²) in [6.07, 6.45) is 3.35. The van der Waals surface area contributed by atoms with Crippen molar-refractivity contribution < 1.29 is 14.6 Å². The third kappa shape index (κ3) is 3.03. The maximum absolute atomic E-state index is 10.7. The van der Waals surface area contributed by atoms with E-state index in [4.69, 9.17) is 9.84 Å². The number of carboxylic acid groups (broad SMARTS) is 1. The van der Waals surface area contributed by atoms with Gasteiger partial charge in [0.1, 0.15) is 5.75 Å². The standard InChI is InChI=1S/C15H20O3/c1-2-18-14-6-4-3-5-13(14)12-8-7-11(9-12)10-15(16)17/h3-6,11-12H,2,7-10H2,1H3,(H,16,17). The molecule has 1 aromatic rings. The zero-order chi connectivity index (χ0) is 13.0. The van der Waals surface area contributed by atoms with Crippen LogP contribution in [0.1, 0.15) is 44.1 Å². The Kier molecular flexibility index (Phi) is 4.24. The van der Waals surface area contributed by atoms with Crippen LogP contribution in [0, 0.1) is 5.92 Å². The van der Waals surface area contributed by atoms with E-state index in [9.17, 15) is 4.79 Å². The summed E-state index contributed by atoms with van der Waals surface area (Å²) in [7, 11) is 0. The smallest absolute Gasteiger partial charge is 0.303 e. The van der Waals surface area contributed by atoms with Crippen molar-refractivity contribution in [3.8, 4) is 5.75 Å². The van der Waals surface area contributed by atoms with Crippen LogP contribution >= 0.6 is 0 Å². The van der Waals surface area contributed by atoms with Crippen LogP contribution in [0.25, 0.3) is 0 Å². The van der Waals surface area contributed by atoms with E-state index < -0.39 is 5.97 Å². The molecule has 1 aromatic carbocycles. The second-order valence-electron chi connectivity index (χ2n) is 4.94. The van der Waals surface area contributed by atoms with Crippen LogP contribution in [-0.4, -0.2) is 17.7 Å². The van der Waals surface area contributed by atoms with Crippen LogP contribution in [0.2, 0.25) is 0 Å². The minimum absolute atomic E-state index is 0.299. The molecule has 2 rings (SSSR count). The second-order valence-corrected chi connectivity index (χ2v) is 4.94. The van der Waals surface area contributed by atoms with Gasteiger partial charge in [0.15, 0.2) is 0 Å². The average Bonchev–Trinajstić information content (AvgIpc) is 2.77. The van der Waals surface area contributed by atoms with Gasteiger partial charge >= 0.3 is 5.97 Å². The molecule has 3 nitrogen and oxygen atoms in total. The Morgan fingerprint density at radius 3 is 2.89 bits per heavy atom. The summed E-state index contributed by atoms with van der Waals surface area (Å²) in [5.41, 5.74) is 1.24. The van der Waals surface area contributed by atoms with Crippen molar-refractivity contribution in [2.24, 2.45) is 5.92 Å². The fraction of sp³-hybridized carbons (Fsp3) is 0.533. The lowest BCUT2D eigenvalue weighted by Crippen LogP contribution is -2.05. The van der Waals surface area contributed by atoms with Crippen LogP contribution in [0.3, 0.4) is 0 Å². The van der Waals surface area contributed by atoms with E-state index in [1.807, 2.05) is 25.1 Å². The Morgan fingerprint density at radius 1 is 1.39 bits per heavy atom. The predicted molar refractivity (Wildman–Crippen MR) is 69.9 cm³/mol. The summed E-state index contributed by atoms with van der Waals surface area (Å²) in [6.45, 7) is 2.65. The highest BCUT2D eigenvalue weighted by Crippen LogP contribution is 2.42. The first-order chi connectivity index (χ1) is 8.70. The molecule has 1 aliphatic rings. The molecule has 0 amide bonds. The van der Waals surface area contributed by atoms with Gasteiger partial charge in [0.05, 0.1) is 6.61 Å². The van der Waals surface area contributed by atoms with Crippen molar-refractivity contribution in [3.05, 3.63) is 29.8 Å². The van der Waals surface area contributed by atoms with Crippen LogP contribution in [0.15, 0.2) is 24.3 Å². The molecule has 0 radical (unpaired) electrons. The summed E-state index contributed by atoms with van der Waals surface area (Å²) < 4.78 is 5.65. The zero-order valence-electron chi connectivity index (χ0n) is 10.8. The molecule has 1 saturated carbocycles. The van der Waals surface area contributed by atoms with Crippen molar-refractivity contribution >= 4 is 5.97 Å². The van der Waals surface area contributed by atoms with Gasteiger partial charge in [0, 0.05) is 6.42 Å².